The van der Waals surface area contributed by atoms with Crippen LogP contribution in [-0.2, 0) is 4.79 Å². The van der Waals surface area contributed by atoms with Gasteiger partial charge in [-0.2, -0.15) is 0 Å². The maximum Gasteiger partial charge on any atom is 0.310 e. The first-order valence-electron chi connectivity index (χ1n) is 5.49. The van der Waals surface area contributed by atoms with Gasteiger partial charge in [0.2, 0.25) is 0 Å². The molecule has 1 atom stereocenters. The first-order chi connectivity index (χ1) is 8.06. The van der Waals surface area contributed by atoms with E-state index >= 15 is 0 Å². The number of nitrogens with zero attached hydrogens (tertiary/aromatic N) is 1. The van der Waals surface area contributed by atoms with E-state index in [9.17, 15) is 14.9 Å². The van der Waals surface area contributed by atoms with E-state index < -0.39 is 4.92 Å². The Kier molecular flexibility index (Phi) is 3.08. The molecular formula is C12H13NO4. The minimum absolute atomic E-state index is 0.0463. The van der Waals surface area contributed by atoms with Crippen molar-refractivity contribution < 1.29 is 14.5 Å². The molecular weight excluding hydrogens is 222 g/mol. The van der Waals surface area contributed by atoms with E-state index in [2.05, 4.69) is 0 Å². The summed E-state index contributed by atoms with van der Waals surface area (Å²) < 4.78 is 5.56. The molecule has 1 aromatic rings. The molecule has 0 aliphatic heterocycles. The van der Waals surface area contributed by atoms with Crippen molar-refractivity contribution in [3.8, 4) is 5.75 Å². The molecule has 0 bridgehead atoms. The number of aryl methyl sites for hydroxylation is 1. The van der Waals surface area contributed by atoms with Crippen LogP contribution in [0.3, 0.4) is 0 Å². The first kappa shape index (κ1) is 11.6. The molecule has 0 amide bonds. The number of carbonyl (C=O) groups is 1. The maximum absolute atomic E-state index is 11.1. The Morgan fingerprint density at radius 3 is 2.82 bits per heavy atom. The van der Waals surface area contributed by atoms with Gasteiger partial charge in [0.15, 0.2) is 5.75 Å². The Morgan fingerprint density at radius 2 is 2.24 bits per heavy atom. The highest BCUT2D eigenvalue weighted by molar-refractivity contribution is 5.81. The van der Waals surface area contributed by atoms with Gasteiger partial charge in [-0.05, 0) is 25.0 Å². The van der Waals surface area contributed by atoms with Crippen molar-refractivity contribution in [2.45, 2.75) is 32.3 Å². The fraction of sp³-hybridized carbons (Fsp3) is 0.417. The molecule has 5 heteroatoms. The van der Waals surface area contributed by atoms with Gasteiger partial charge in [0.25, 0.3) is 0 Å². The number of rotatable bonds is 3. The molecule has 0 saturated heterocycles. The summed E-state index contributed by atoms with van der Waals surface area (Å²) in [5, 5.41) is 10.8. The topological polar surface area (TPSA) is 69.4 Å². The van der Waals surface area contributed by atoms with E-state index in [-0.39, 0.29) is 23.3 Å². The molecule has 0 spiro atoms. The molecule has 0 radical (unpaired) electrons. The largest absolute Gasteiger partial charge is 0.483 e. The average Bonchev–Trinajstić information content (AvgIpc) is 2.63. The highest BCUT2D eigenvalue weighted by Crippen LogP contribution is 2.31. The van der Waals surface area contributed by atoms with Crippen LogP contribution in [0.25, 0.3) is 0 Å². The van der Waals surface area contributed by atoms with Crippen LogP contribution < -0.4 is 4.74 Å². The van der Waals surface area contributed by atoms with Crippen molar-refractivity contribution in [1.29, 1.82) is 0 Å². The molecule has 1 fully saturated rings. The quantitative estimate of drug-likeness (QED) is 0.595. The van der Waals surface area contributed by atoms with E-state index in [1.165, 1.54) is 6.07 Å². The van der Waals surface area contributed by atoms with E-state index in [0.29, 0.717) is 19.3 Å². The number of benzene rings is 1. The van der Waals surface area contributed by atoms with Crippen LogP contribution in [0.5, 0.6) is 5.75 Å². The molecule has 1 aromatic carbocycles. The minimum Gasteiger partial charge on any atom is -0.483 e. The Balaban J connectivity index is 2.21. The van der Waals surface area contributed by atoms with Crippen LogP contribution in [0.15, 0.2) is 18.2 Å². The number of hydrogen-bond acceptors (Lipinski definition) is 4. The Hall–Kier alpha value is -1.91. The summed E-state index contributed by atoms with van der Waals surface area (Å²) in [5.41, 5.74) is 0.852. The predicted molar refractivity (Wildman–Crippen MR) is 61.1 cm³/mol. The summed E-state index contributed by atoms with van der Waals surface area (Å²) in [6.45, 7) is 1.84. The number of nitro groups is 1. The molecule has 2 rings (SSSR count). The second-order valence-electron chi connectivity index (χ2n) is 4.25. The zero-order chi connectivity index (χ0) is 12.4. The fourth-order valence-electron chi connectivity index (χ4n) is 1.93. The third kappa shape index (κ3) is 2.61. The summed E-state index contributed by atoms with van der Waals surface area (Å²) in [7, 11) is 0. The van der Waals surface area contributed by atoms with Crippen LogP contribution in [0, 0.1) is 17.0 Å². The van der Waals surface area contributed by atoms with Gasteiger partial charge in [-0.3, -0.25) is 14.9 Å². The van der Waals surface area contributed by atoms with Crippen LogP contribution in [0.2, 0.25) is 0 Å². The van der Waals surface area contributed by atoms with Crippen LogP contribution in [0.4, 0.5) is 5.69 Å². The van der Waals surface area contributed by atoms with Crippen molar-refractivity contribution in [2.75, 3.05) is 0 Å². The minimum atomic E-state index is -0.467. The van der Waals surface area contributed by atoms with Gasteiger partial charge in [0.05, 0.1) is 4.92 Å². The fourth-order valence-corrected chi connectivity index (χ4v) is 1.93. The van der Waals surface area contributed by atoms with Gasteiger partial charge in [0.1, 0.15) is 11.9 Å². The Morgan fingerprint density at radius 1 is 1.47 bits per heavy atom. The zero-order valence-corrected chi connectivity index (χ0v) is 9.51. The average molecular weight is 235 g/mol. The number of hydrogen-bond donors (Lipinski definition) is 0. The normalized spacial score (nSPS) is 19.4. The molecule has 1 unspecified atom stereocenters. The van der Waals surface area contributed by atoms with Gasteiger partial charge < -0.3 is 4.74 Å². The number of carbonyl (C=O) groups excluding carboxylic acids is 1. The molecule has 1 aliphatic carbocycles. The van der Waals surface area contributed by atoms with Gasteiger partial charge >= 0.3 is 5.69 Å². The van der Waals surface area contributed by atoms with Crippen molar-refractivity contribution in [3.63, 3.8) is 0 Å². The highest BCUT2D eigenvalue weighted by atomic mass is 16.6. The van der Waals surface area contributed by atoms with Crippen LogP contribution in [-0.4, -0.2) is 16.8 Å². The first-order valence-corrected chi connectivity index (χ1v) is 5.49. The second kappa shape index (κ2) is 4.53. The molecule has 17 heavy (non-hydrogen) atoms. The molecule has 0 aromatic heterocycles. The van der Waals surface area contributed by atoms with E-state index in [1.54, 1.807) is 12.1 Å². The monoisotopic (exact) mass is 235 g/mol. The lowest BCUT2D eigenvalue weighted by atomic mass is 10.2. The highest BCUT2D eigenvalue weighted by Gasteiger charge is 2.26. The lowest BCUT2D eigenvalue weighted by molar-refractivity contribution is -0.386. The smallest absolute Gasteiger partial charge is 0.310 e. The van der Waals surface area contributed by atoms with Gasteiger partial charge in [0, 0.05) is 18.9 Å². The molecule has 1 saturated carbocycles. The summed E-state index contributed by atoms with van der Waals surface area (Å²) in [6.07, 6.45) is 1.28. The van der Waals surface area contributed by atoms with Crippen LogP contribution in [0.1, 0.15) is 24.8 Å². The molecule has 0 N–H and O–H groups in total. The third-order valence-corrected chi connectivity index (χ3v) is 2.81. The molecule has 0 heterocycles. The summed E-state index contributed by atoms with van der Waals surface area (Å²) in [4.78, 5) is 21.5. The van der Waals surface area contributed by atoms with Crippen molar-refractivity contribution in [3.05, 3.63) is 33.9 Å². The summed E-state index contributed by atoms with van der Waals surface area (Å²) in [5.74, 6) is 0.417. The van der Waals surface area contributed by atoms with E-state index in [1.807, 2.05) is 6.92 Å². The van der Waals surface area contributed by atoms with Crippen molar-refractivity contribution in [2.24, 2.45) is 0 Å². The molecule has 1 aliphatic rings. The van der Waals surface area contributed by atoms with E-state index in [4.69, 9.17) is 4.74 Å². The Bertz CT molecular complexity index is 470. The Labute approximate surface area is 98.5 Å². The standard InChI is InChI=1S/C12H13NO4/c1-8-2-5-11(13(15)16)12(6-8)17-10-4-3-9(14)7-10/h2,5-6,10H,3-4,7H2,1H3. The predicted octanol–water partition coefficient (Wildman–Crippen LogP) is 2.40. The number of Topliss-reactive ketones (excluding diaryl/α,β-unsaturated/α-hetero) is 1. The summed E-state index contributed by atoms with van der Waals surface area (Å²) in [6, 6.07) is 4.74. The second-order valence-corrected chi connectivity index (χ2v) is 4.25. The molecule has 90 valence electrons. The lowest BCUT2D eigenvalue weighted by Gasteiger charge is -2.12. The van der Waals surface area contributed by atoms with E-state index in [0.717, 1.165) is 5.56 Å². The SMILES string of the molecule is Cc1ccc([N+](=O)[O-])c(OC2CCC(=O)C2)c1. The van der Waals surface area contributed by atoms with Crippen LogP contribution >= 0.6 is 0 Å². The third-order valence-electron chi connectivity index (χ3n) is 2.81. The number of ketones is 1. The maximum atomic E-state index is 11.1. The number of nitro benzene ring substituents is 1. The lowest BCUT2D eigenvalue weighted by Crippen LogP contribution is -2.13. The number of ether oxygens (including phenoxy) is 1. The molecule has 5 nitrogen and oxygen atoms in total. The van der Waals surface area contributed by atoms with Crippen molar-refractivity contribution >= 4 is 11.5 Å². The van der Waals surface area contributed by atoms with Crippen molar-refractivity contribution in [1.82, 2.24) is 0 Å². The van der Waals surface area contributed by atoms with Gasteiger partial charge in [-0.25, -0.2) is 0 Å². The zero-order valence-electron chi connectivity index (χ0n) is 9.51. The van der Waals surface area contributed by atoms with Gasteiger partial charge in [-0.15, -0.1) is 0 Å². The van der Waals surface area contributed by atoms with Gasteiger partial charge in [-0.1, -0.05) is 6.07 Å². The summed E-state index contributed by atoms with van der Waals surface area (Å²) >= 11 is 0.